The number of rotatable bonds is 3. The number of pyridine rings is 1. The van der Waals surface area contributed by atoms with Crippen LogP contribution in [0.5, 0.6) is 0 Å². The van der Waals surface area contributed by atoms with E-state index in [9.17, 15) is 0 Å². The summed E-state index contributed by atoms with van der Waals surface area (Å²) in [6.45, 7) is 1.98. The van der Waals surface area contributed by atoms with Gasteiger partial charge in [-0.2, -0.15) is 0 Å². The lowest BCUT2D eigenvalue weighted by molar-refractivity contribution is 1.08. The summed E-state index contributed by atoms with van der Waals surface area (Å²) in [7, 11) is 0. The molecule has 4 heterocycles. The van der Waals surface area contributed by atoms with Gasteiger partial charge in [0.25, 0.3) is 0 Å². The molecule has 7 heteroatoms. The fourth-order valence-electron chi connectivity index (χ4n) is 2.25. The number of hydrogen-bond donors (Lipinski definition) is 0. The van der Waals surface area contributed by atoms with Crippen molar-refractivity contribution in [1.29, 1.82) is 0 Å². The van der Waals surface area contributed by atoms with Gasteiger partial charge in [0.1, 0.15) is 5.01 Å². The second kappa shape index (κ2) is 6.21. The summed E-state index contributed by atoms with van der Waals surface area (Å²) in [6.07, 6.45) is 8.64. The lowest BCUT2D eigenvalue weighted by Crippen LogP contribution is -1.95. The van der Waals surface area contributed by atoms with Crippen molar-refractivity contribution in [2.45, 2.75) is 6.92 Å². The van der Waals surface area contributed by atoms with Crippen molar-refractivity contribution in [3.8, 4) is 32.8 Å². The maximum absolute atomic E-state index is 4.65. The van der Waals surface area contributed by atoms with Crippen molar-refractivity contribution < 1.29 is 0 Å². The van der Waals surface area contributed by atoms with E-state index < -0.39 is 0 Å². The molecule has 0 fully saturated rings. The molecule has 0 spiro atoms. The van der Waals surface area contributed by atoms with Crippen molar-refractivity contribution in [2.24, 2.45) is 0 Å². The molecule has 4 rings (SSSR count). The van der Waals surface area contributed by atoms with Gasteiger partial charge in [0.2, 0.25) is 0 Å². The van der Waals surface area contributed by atoms with Crippen LogP contribution in [-0.2, 0) is 0 Å². The third kappa shape index (κ3) is 2.77. The van der Waals surface area contributed by atoms with Gasteiger partial charge < -0.3 is 0 Å². The number of aryl methyl sites for hydroxylation is 1. The first kappa shape index (κ1) is 14.5. The van der Waals surface area contributed by atoms with Crippen LogP contribution in [0.4, 0.5) is 0 Å². The molecule has 6 nitrogen and oxygen atoms in total. The highest BCUT2D eigenvalue weighted by Crippen LogP contribution is 2.34. The van der Waals surface area contributed by atoms with E-state index >= 15 is 0 Å². The molecular weight excluding hydrogens is 320 g/mol. The van der Waals surface area contributed by atoms with E-state index in [2.05, 4.69) is 29.9 Å². The Kier molecular flexibility index (Phi) is 3.76. The molecule has 0 saturated carbocycles. The molecule has 0 amide bonds. The molecule has 116 valence electrons. The van der Waals surface area contributed by atoms with E-state index in [4.69, 9.17) is 0 Å². The molecule has 0 radical (unpaired) electrons. The Morgan fingerprint density at radius 3 is 2.46 bits per heavy atom. The average molecular weight is 332 g/mol. The van der Waals surface area contributed by atoms with Crippen molar-refractivity contribution in [3.63, 3.8) is 0 Å². The van der Waals surface area contributed by atoms with E-state index in [0.717, 1.165) is 26.8 Å². The summed E-state index contributed by atoms with van der Waals surface area (Å²) in [5, 5.41) is 0.923. The highest BCUT2D eigenvalue weighted by atomic mass is 32.1. The Morgan fingerprint density at radius 2 is 1.67 bits per heavy atom. The van der Waals surface area contributed by atoms with Crippen molar-refractivity contribution >= 4 is 11.3 Å². The van der Waals surface area contributed by atoms with E-state index in [1.54, 1.807) is 42.2 Å². The van der Waals surface area contributed by atoms with Gasteiger partial charge in [-0.15, -0.1) is 11.3 Å². The first-order valence-electron chi connectivity index (χ1n) is 7.30. The summed E-state index contributed by atoms with van der Waals surface area (Å²) in [5.74, 6) is 1.01. The highest BCUT2D eigenvalue weighted by Gasteiger charge is 2.14. The molecule has 0 aromatic carbocycles. The summed E-state index contributed by atoms with van der Waals surface area (Å²) in [4.78, 5) is 27.1. The molecule has 0 unspecified atom stereocenters. The maximum Gasteiger partial charge on any atom is 0.198 e. The van der Waals surface area contributed by atoms with E-state index in [1.807, 2.05) is 31.3 Å². The Bertz CT molecular complexity index is 969. The molecular formula is C17H12N6S. The smallest absolute Gasteiger partial charge is 0.198 e. The summed E-state index contributed by atoms with van der Waals surface area (Å²) < 4.78 is 0. The predicted molar refractivity (Wildman–Crippen MR) is 92.1 cm³/mol. The van der Waals surface area contributed by atoms with Crippen LogP contribution in [0, 0.1) is 6.92 Å². The lowest BCUT2D eigenvalue weighted by Gasteiger charge is -2.01. The Balaban J connectivity index is 1.76. The zero-order valence-electron chi connectivity index (χ0n) is 12.8. The largest absolute Gasteiger partial charge is 0.264 e. The normalized spacial score (nSPS) is 10.7. The minimum absolute atomic E-state index is 0.504. The van der Waals surface area contributed by atoms with Crippen molar-refractivity contribution in [2.75, 3.05) is 0 Å². The molecule has 0 N–H and O–H groups in total. The molecule has 4 aromatic rings. The van der Waals surface area contributed by atoms with Crippen LogP contribution in [-0.4, -0.2) is 29.9 Å². The number of aromatic nitrogens is 6. The Hall–Kier alpha value is -3.06. The van der Waals surface area contributed by atoms with Crippen LogP contribution in [0.3, 0.4) is 0 Å². The molecule has 0 aliphatic carbocycles. The fourth-order valence-corrected chi connectivity index (χ4v) is 3.28. The number of hydrogen-bond acceptors (Lipinski definition) is 7. The van der Waals surface area contributed by atoms with Crippen LogP contribution < -0.4 is 0 Å². The molecule has 0 bridgehead atoms. The summed E-state index contributed by atoms with van der Waals surface area (Å²) in [6, 6.07) is 7.54. The Labute approximate surface area is 142 Å². The SMILES string of the molecule is Cc1nc(-c2cccnc2)sc1-c1ccnc(-c2ncccn2)n1. The molecule has 0 saturated heterocycles. The monoisotopic (exact) mass is 332 g/mol. The molecule has 0 atom stereocenters. The van der Waals surface area contributed by atoms with E-state index in [-0.39, 0.29) is 0 Å². The molecule has 0 aliphatic heterocycles. The van der Waals surface area contributed by atoms with Crippen LogP contribution in [0.15, 0.2) is 55.2 Å². The van der Waals surface area contributed by atoms with Crippen molar-refractivity contribution in [1.82, 2.24) is 29.9 Å². The van der Waals surface area contributed by atoms with Gasteiger partial charge in [-0.3, -0.25) is 4.98 Å². The van der Waals surface area contributed by atoms with Crippen LogP contribution in [0.25, 0.3) is 32.8 Å². The molecule has 4 aromatic heterocycles. The van der Waals surface area contributed by atoms with Gasteiger partial charge in [-0.05, 0) is 31.2 Å². The maximum atomic E-state index is 4.65. The summed E-state index contributed by atoms with van der Waals surface area (Å²) in [5.41, 5.74) is 2.74. The van der Waals surface area contributed by atoms with Gasteiger partial charge in [0, 0.05) is 36.5 Å². The third-order valence-electron chi connectivity index (χ3n) is 3.36. The highest BCUT2D eigenvalue weighted by molar-refractivity contribution is 7.18. The number of nitrogens with zero attached hydrogens (tertiary/aromatic N) is 6. The predicted octanol–water partition coefficient (Wildman–Crippen LogP) is 3.43. The van der Waals surface area contributed by atoms with Crippen LogP contribution >= 0.6 is 11.3 Å². The zero-order chi connectivity index (χ0) is 16.4. The average Bonchev–Trinajstić information content (AvgIpc) is 3.05. The minimum Gasteiger partial charge on any atom is -0.264 e. The van der Waals surface area contributed by atoms with Crippen LogP contribution in [0.1, 0.15) is 5.69 Å². The molecule has 24 heavy (non-hydrogen) atoms. The van der Waals surface area contributed by atoms with Gasteiger partial charge in [0.05, 0.1) is 16.3 Å². The van der Waals surface area contributed by atoms with Gasteiger partial charge in [-0.1, -0.05) is 0 Å². The molecule has 0 aliphatic rings. The van der Waals surface area contributed by atoms with E-state index in [1.165, 1.54) is 0 Å². The first-order chi connectivity index (χ1) is 11.8. The Morgan fingerprint density at radius 1 is 0.833 bits per heavy atom. The lowest BCUT2D eigenvalue weighted by atomic mass is 10.3. The van der Waals surface area contributed by atoms with Gasteiger partial charge in [-0.25, -0.2) is 24.9 Å². The zero-order valence-corrected chi connectivity index (χ0v) is 13.6. The fraction of sp³-hybridized carbons (Fsp3) is 0.0588. The minimum atomic E-state index is 0.504. The third-order valence-corrected chi connectivity index (χ3v) is 4.59. The van der Waals surface area contributed by atoms with Crippen molar-refractivity contribution in [3.05, 3.63) is 60.9 Å². The first-order valence-corrected chi connectivity index (χ1v) is 8.11. The standard InChI is InChI=1S/C17H12N6S/c1-11-14(24-17(22-11)12-4-2-6-18-10-12)13-5-9-21-16(23-13)15-19-7-3-8-20-15/h2-10H,1H3. The van der Waals surface area contributed by atoms with Gasteiger partial charge in [0.15, 0.2) is 11.6 Å². The summed E-state index contributed by atoms with van der Waals surface area (Å²) >= 11 is 1.59. The second-order valence-corrected chi connectivity index (χ2v) is 6.01. The number of thiazole rings is 1. The second-order valence-electron chi connectivity index (χ2n) is 5.01. The van der Waals surface area contributed by atoms with E-state index in [0.29, 0.717) is 11.6 Å². The quantitative estimate of drug-likeness (QED) is 0.572. The van der Waals surface area contributed by atoms with Crippen LogP contribution in [0.2, 0.25) is 0 Å². The topological polar surface area (TPSA) is 77.3 Å². The van der Waals surface area contributed by atoms with Gasteiger partial charge >= 0.3 is 0 Å².